The highest BCUT2D eigenvalue weighted by Crippen LogP contribution is 2.32. The Morgan fingerprint density at radius 1 is 1.10 bits per heavy atom. The molecule has 1 aliphatic rings. The topological polar surface area (TPSA) is 78.7 Å². The molecule has 1 aliphatic heterocycles. The van der Waals surface area contributed by atoms with Crippen molar-refractivity contribution in [1.29, 1.82) is 0 Å². The lowest BCUT2D eigenvalue weighted by Gasteiger charge is -2.37. The van der Waals surface area contributed by atoms with Crippen LogP contribution in [0.1, 0.15) is 46.0 Å². The Labute approximate surface area is 171 Å². The van der Waals surface area contributed by atoms with Gasteiger partial charge in [-0.2, -0.15) is 13.2 Å². The van der Waals surface area contributed by atoms with Gasteiger partial charge in [0, 0.05) is 49.5 Å². The lowest BCUT2D eigenvalue weighted by atomic mass is 10.1. The monoisotopic (exact) mass is 424 g/mol. The summed E-state index contributed by atoms with van der Waals surface area (Å²) in [4.78, 5) is 28.8. The van der Waals surface area contributed by atoms with Crippen LogP contribution >= 0.6 is 0 Å². The van der Waals surface area contributed by atoms with E-state index in [1.54, 1.807) is 6.92 Å². The molecule has 2 amide bonds. The molecule has 3 rings (SSSR count). The molecule has 0 saturated carbocycles. The minimum absolute atomic E-state index is 0.0670. The first-order chi connectivity index (χ1) is 14.0. The fourth-order valence-corrected chi connectivity index (χ4v) is 3.28. The van der Waals surface area contributed by atoms with E-state index in [0.717, 1.165) is 12.1 Å². The predicted octanol–water partition coefficient (Wildman–Crippen LogP) is 3.42. The van der Waals surface area contributed by atoms with E-state index in [0.29, 0.717) is 38.0 Å². The highest BCUT2D eigenvalue weighted by molar-refractivity contribution is 6.04. The molecule has 162 valence electrons. The normalized spacial score (nSPS) is 15.5. The quantitative estimate of drug-likeness (QED) is 0.814. The largest absolute Gasteiger partial charge is 0.416 e. The zero-order chi connectivity index (χ0) is 22.1. The Bertz CT molecular complexity index is 932. The Kier molecular flexibility index (Phi) is 6.16. The SMILES string of the molecule is Cc1cc(C(=O)Nc2cc(C(=O)N3CCN(C(C)C)CC3)cc(C(F)(F)F)c2)no1. The zero-order valence-electron chi connectivity index (χ0n) is 16.9. The summed E-state index contributed by atoms with van der Waals surface area (Å²) in [6, 6.07) is 4.55. The molecule has 1 N–H and O–H groups in total. The molecule has 0 spiro atoms. The molecule has 2 aromatic rings. The van der Waals surface area contributed by atoms with E-state index in [9.17, 15) is 22.8 Å². The van der Waals surface area contributed by atoms with Gasteiger partial charge in [-0.1, -0.05) is 5.16 Å². The van der Waals surface area contributed by atoms with E-state index < -0.39 is 23.6 Å². The van der Waals surface area contributed by atoms with Gasteiger partial charge in [-0.3, -0.25) is 14.5 Å². The first-order valence-electron chi connectivity index (χ1n) is 9.55. The van der Waals surface area contributed by atoms with Crippen LogP contribution in [0.5, 0.6) is 0 Å². The van der Waals surface area contributed by atoms with Crippen LogP contribution < -0.4 is 5.32 Å². The molecule has 1 aromatic heterocycles. The van der Waals surface area contributed by atoms with Gasteiger partial charge in [-0.15, -0.1) is 0 Å². The minimum atomic E-state index is -4.67. The highest BCUT2D eigenvalue weighted by Gasteiger charge is 2.33. The lowest BCUT2D eigenvalue weighted by molar-refractivity contribution is -0.137. The number of rotatable bonds is 4. The van der Waals surface area contributed by atoms with Crippen LogP contribution in [0, 0.1) is 6.92 Å². The molecule has 1 aromatic carbocycles. The second-order valence-corrected chi connectivity index (χ2v) is 7.50. The predicted molar refractivity (Wildman–Crippen MR) is 103 cm³/mol. The molecule has 0 atom stereocenters. The Hall–Kier alpha value is -2.88. The molecule has 0 radical (unpaired) electrons. The highest BCUT2D eigenvalue weighted by atomic mass is 19.4. The van der Waals surface area contributed by atoms with E-state index >= 15 is 0 Å². The average molecular weight is 424 g/mol. The van der Waals surface area contributed by atoms with Crippen molar-refractivity contribution in [2.24, 2.45) is 0 Å². The third-order valence-corrected chi connectivity index (χ3v) is 4.96. The Morgan fingerprint density at radius 2 is 1.77 bits per heavy atom. The van der Waals surface area contributed by atoms with Gasteiger partial charge in [0.05, 0.1) is 5.56 Å². The molecule has 0 aliphatic carbocycles. The number of hydrogen-bond donors (Lipinski definition) is 1. The number of aromatic nitrogens is 1. The third-order valence-electron chi connectivity index (χ3n) is 4.96. The number of anilines is 1. The van der Waals surface area contributed by atoms with E-state index in [2.05, 4.69) is 29.2 Å². The van der Waals surface area contributed by atoms with Crippen LogP contribution in [-0.4, -0.2) is 59.0 Å². The number of halogens is 3. The summed E-state index contributed by atoms with van der Waals surface area (Å²) in [6.07, 6.45) is -4.67. The van der Waals surface area contributed by atoms with Gasteiger partial charge in [-0.25, -0.2) is 0 Å². The van der Waals surface area contributed by atoms with Crippen LogP contribution in [0.4, 0.5) is 18.9 Å². The fourth-order valence-electron chi connectivity index (χ4n) is 3.28. The standard InChI is InChI=1S/C20H23F3N4O3/c1-12(2)26-4-6-27(7-5-26)19(29)14-9-15(20(21,22)23)11-16(10-14)24-18(28)17-8-13(3)30-25-17/h8-12H,4-7H2,1-3H3,(H,24,28). The lowest BCUT2D eigenvalue weighted by Crippen LogP contribution is -2.50. The minimum Gasteiger partial charge on any atom is -0.361 e. The van der Waals surface area contributed by atoms with Gasteiger partial charge in [0.25, 0.3) is 11.8 Å². The van der Waals surface area contributed by atoms with Crippen LogP contribution in [0.3, 0.4) is 0 Å². The number of aryl methyl sites for hydroxylation is 1. The van der Waals surface area contributed by atoms with Gasteiger partial charge >= 0.3 is 6.18 Å². The maximum absolute atomic E-state index is 13.4. The first kappa shape index (κ1) is 21.8. The molecule has 10 heteroatoms. The van der Waals surface area contributed by atoms with Crippen molar-refractivity contribution in [2.75, 3.05) is 31.5 Å². The van der Waals surface area contributed by atoms with Crippen LogP contribution in [0.25, 0.3) is 0 Å². The van der Waals surface area contributed by atoms with Gasteiger partial charge in [0.1, 0.15) is 5.76 Å². The average Bonchev–Trinajstić information content (AvgIpc) is 3.13. The smallest absolute Gasteiger partial charge is 0.361 e. The van der Waals surface area contributed by atoms with Crippen LogP contribution in [0.15, 0.2) is 28.8 Å². The summed E-state index contributed by atoms with van der Waals surface area (Å²) in [5, 5.41) is 5.91. The number of piperazine rings is 1. The summed E-state index contributed by atoms with van der Waals surface area (Å²) < 4.78 is 45.0. The van der Waals surface area contributed by atoms with Gasteiger partial charge < -0.3 is 14.7 Å². The van der Waals surface area contributed by atoms with Crippen molar-refractivity contribution < 1.29 is 27.3 Å². The number of carbonyl (C=O) groups excluding carboxylic acids is 2. The van der Waals surface area contributed by atoms with Crippen molar-refractivity contribution >= 4 is 17.5 Å². The summed E-state index contributed by atoms with van der Waals surface area (Å²) in [7, 11) is 0. The zero-order valence-corrected chi connectivity index (χ0v) is 16.9. The van der Waals surface area contributed by atoms with Crippen molar-refractivity contribution in [2.45, 2.75) is 33.0 Å². The molecule has 0 unspecified atom stereocenters. The molecular weight excluding hydrogens is 401 g/mol. The van der Waals surface area contributed by atoms with E-state index in [4.69, 9.17) is 4.52 Å². The molecular formula is C20H23F3N4O3. The maximum Gasteiger partial charge on any atom is 0.416 e. The molecule has 7 nitrogen and oxygen atoms in total. The van der Waals surface area contributed by atoms with Gasteiger partial charge in [0.15, 0.2) is 5.69 Å². The van der Waals surface area contributed by atoms with Gasteiger partial charge in [0.2, 0.25) is 0 Å². The second kappa shape index (κ2) is 8.47. The summed E-state index contributed by atoms with van der Waals surface area (Å²) in [6.45, 7) is 7.84. The number of carbonyl (C=O) groups is 2. The molecule has 30 heavy (non-hydrogen) atoms. The maximum atomic E-state index is 13.4. The number of hydrogen-bond acceptors (Lipinski definition) is 5. The molecule has 1 saturated heterocycles. The van der Waals surface area contributed by atoms with Crippen molar-refractivity contribution in [3.8, 4) is 0 Å². The summed E-state index contributed by atoms with van der Waals surface area (Å²) >= 11 is 0. The van der Waals surface area contributed by atoms with Crippen molar-refractivity contribution in [3.63, 3.8) is 0 Å². The first-order valence-corrected chi connectivity index (χ1v) is 9.55. The summed E-state index contributed by atoms with van der Waals surface area (Å²) in [5.41, 5.74) is -1.35. The number of benzene rings is 1. The van der Waals surface area contributed by atoms with E-state index in [-0.39, 0.29) is 16.9 Å². The second-order valence-electron chi connectivity index (χ2n) is 7.50. The number of nitrogens with zero attached hydrogens (tertiary/aromatic N) is 3. The molecule has 0 bridgehead atoms. The number of alkyl halides is 3. The number of amides is 2. The van der Waals surface area contributed by atoms with E-state index in [1.807, 2.05) is 0 Å². The van der Waals surface area contributed by atoms with Crippen molar-refractivity contribution in [3.05, 3.63) is 46.8 Å². The number of nitrogens with one attached hydrogen (secondary N) is 1. The van der Waals surface area contributed by atoms with Crippen LogP contribution in [0.2, 0.25) is 0 Å². The Balaban J connectivity index is 1.84. The third kappa shape index (κ3) is 4.99. The van der Waals surface area contributed by atoms with Gasteiger partial charge in [-0.05, 0) is 39.0 Å². The summed E-state index contributed by atoms with van der Waals surface area (Å²) in [5.74, 6) is -0.840. The Morgan fingerprint density at radius 3 is 2.30 bits per heavy atom. The van der Waals surface area contributed by atoms with Crippen LogP contribution in [-0.2, 0) is 6.18 Å². The van der Waals surface area contributed by atoms with Crippen molar-refractivity contribution in [1.82, 2.24) is 15.0 Å². The fraction of sp³-hybridized carbons (Fsp3) is 0.450. The van der Waals surface area contributed by atoms with E-state index in [1.165, 1.54) is 17.0 Å². The molecule has 2 heterocycles. The molecule has 1 fully saturated rings.